The van der Waals surface area contributed by atoms with E-state index in [1.165, 1.54) is 0 Å². The normalized spacial score (nSPS) is 20.3. The zero-order valence-electron chi connectivity index (χ0n) is 18.0. The third kappa shape index (κ3) is 3.63. The van der Waals surface area contributed by atoms with E-state index in [1.807, 2.05) is 45.0 Å². The number of amides is 1. The van der Waals surface area contributed by atoms with Gasteiger partial charge in [0, 0.05) is 17.3 Å². The van der Waals surface area contributed by atoms with Gasteiger partial charge in [0.2, 0.25) is 0 Å². The maximum absolute atomic E-state index is 13.4. The van der Waals surface area contributed by atoms with E-state index in [1.54, 1.807) is 4.68 Å². The van der Waals surface area contributed by atoms with Crippen molar-refractivity contribution in [1.82, 2.24) is 14.8 Å². The van der Waals surface area contributed by atoms with Crippen molar-refractivity contribution in [1.29, 1.82) is 0 Å². The number of nitrogens with zero attached hydrogens (tertiary/aromatic N) is 3. The predicted octanol–water partition coefficient (Wildman–Crippen LogP) is 3.85. The molecule has 1 aliphatic carbocycles. The van der Waals surface area contributed by atoms with Crippen LogP contribution in [0.5, 0.6) is 0 Å². The fraction of sp³-hybridized carbons (Fsp3) is 0.435. The van der Waals surface area contributed by atoms with E-state index in [0.717, 1.165) is 35.3 Å². The Bertz CT molecular complexity index is 1300. The number of anilines is 1. The fourth-order valence-electron chi connectivity index (χ4n) is 4.52. The molecule has 0 radical (unpaired) electrons. The van der Waals surface area contributed by atoms with Crippen LogP contribution in [-0.4, -0.2) is 40.6 Å². The maximum atomic E-state index is 13.4. The van der Waals surface area contributed by atoms with Crippen LogP contribution in [0.15, 0.2) is 24.3 Å². The maximum Gasteiger partial charge on any atom is 0.256 e. The minimum absolute atomic E-state index is 0.0719. The molecule has 1 saturated heterocycles. The van der Waals surface area contributed by atoms with Crippen LogP contribution in [0.25, 0.3) is 11.0 Å². The Morgan fingerprint density at radius 1 is 1.13 bits per heavy atom. The number of carbonyl (C=O) groups is 1. The molecule has 3 heterocycles. The molecular formula is C23H26N4O3S. The summed E-state index contributed by atoms with van der Waals surface area (Å²) in [6, 6.07) is 7.58. The summed E-state index contributed by atoms with van der Waals surface area (Å²) in [5, 5.41) is 8.45. The predicted molar refractivity (Wildman–Crippen MR) is 120 cm³/mol. The molecule has 2 aliphatic rings. The van der Waals surface area contributed by atoms with Gasteiger partial charge in [-0.3, -0.25) is 4.79 Å². The van der Waals surface area contributed by atoms with Crippen LogP contribution in [0.1, 0.15) is 64.1 Å². The average Bonchev–Trinajstić information content (AvgIpc) is 3.43. The summed E-state index contributed by atoms with van der Waals surface area (Å²) >= 11 is 0. The number of nitrogens with one attached hydrogen (secondary N) is 1. The number of benzene rings is 1. The minimum Gasteiger partial charge on any atom is -0.321 e. The molecule has 1 aromatic carbocycles. The summed E-state index contributed by atoms with van der Waals surface area (Å²) in [6.07, 6.45) is 2.64. The van der Waals surface area contributed by atoms with Gasteiger partial charge >= 0.3 is 0 Å². The molecular weight excluding hydrogens is 412 g/mol. The topological polar surface area (TPSA) is 93.9 Å². The number of rotatable bonds is 4. The quantitative estimate of drug-likeness (QED) is 0.668. The standard InChI is InChI=1S/C23H26N4O3S/c1-13-5-4-6-14(2)21(13)25-23(28)18-11-19(16-7-8-16)24-22-20(18)15(3)26-27(22)17-9-10-31(29,30)12-17/h4-6,11,16-17H,7-10,12H2,1-3H3,(H,25,28). The lowest BCUT2D eigenvalue weighted by atomic mass is 10.1. The number of carbonyl (C=O) groups excluding carboxylic acids is 1. The summed E-state index contributed by atoms with van der Waals surface area (Å²) in [4.78, 5) is 18.3. The second-order valence-electron chi connectivity index (χ2n) is 8.88. The lowest BCUT2D eigenvalue weighted by Gasteiger charge is -2.14. The van der Waals surface area contributed by atoms with Gasteiger partial charge in [0.05, 0.1) is 34.2 Å². The third-order valence-corrected chi connectivity index (χ3v) is 8.12. The first-order valence-electron chi connectivity index (χ1n) is 10.7. The van der Waals surface area contributed by atoms with Crippen molar-refractivity contribution in [2.24, 2.45) is 0 Å². The second kappa shape index (κ2) is 7.15. The summed E-state index contributed by atoms with van der Waals surface area (Å²) in [5.41, 5.74) is 5.59. The first-order valence-corrected chi connectivity index (χ1v) is 12.5. The number of pyridine rings is 1. The summed E-state index contributed by atoms with van der Waals surface area (Å²) in [6.45, 7) is 5.81. The van der Waals surface area contributed by atoms with Crippen LogP contribution in [0.3, 0.4) is 0 Å². The summed E-state index contributed by atoms with van der Waals surface area (Å²) < 4.78 is 25.9. The van der Waals surface area contributed by atoms with Crippen molar-refractivity contribution in [2.45, 2.75) is 52.0 Å². The average molecular weight is 439 g/mol. The van der Waals surface area contributed by atoms with Crippen LogP contribution in [0, 0.1) is 20.8 Å². The smallest absolute Gasteiger partial charge is 0.256 e. The number of aryl methyl sites for hydroxylation is 3. The van der Waals surface area contributed by atoms with Crippen molar-refractivity contribution in [2.75, 3.05) is 16.8 Å². The van der Waals surface area contributed by atoms with E-state index < -0.39 is 9.84 Å². The van der Waals surface area contributed by atoms with Gasteiger partial charge in [-0.15, -0.1) is 0 Å². The lowest BCUT2D eigenvalue weighted by Crippen LogP contribution is -2.16. The van der Waals surface area contributed by atoms with E-state index in [4.69, 9.17) is 4.98 Å². The van der Waals surface area contributed by atoms with Crippen LogP contribution >= 0.6 is 0 Å². The molecule has 31 heavy (non-hydrogen) atoms. The van der Waals surface area contributed by atoms with E-state index in [2.05, 4.69) is 10.4 Å². The van der Waals surface area contributed by atoms with Gasteiger partial charge in [0.1, 0.15) is 0 Å². The van der Waals surface area contributed by atoms with Gasteiger partial charge in [0.25, 0.3) is 5.91 Å². The number of fused-ring (bicyclic) bond motifs is 1. The Morgan fingerprint density at radius 3 is 2.45 bits per heavy atom. The molecule has 2 aromatic heterocycles. The summed E-state index contributed by atoms with van der Waals surface area (Å²) in [7, 11) is -3.06. The van der Waals surface area contributed by atoms with Gasteiger partial charge in [0.15, 0.2) is 15.5 Å². The molecule has 1 amide bonds. The molecule has 0 bridgehead atoms. The Hall–Kier alpha value is -2.74. The first-order chi connectivity index (χ1) is 14.7. The van der Waals surface area contributed by atoms with Gasteiger partial charge in [-0.1, -0.05) is 18.2 Å². The molecule has 162 valence electrons. The molecule has 3 aromatic rings. The van der Waals surface area contributed by atoms with Crippen LogP contribution < -0.4 is 5.32 Å². The highest BCUT2D eigenvalue weighted by molar-refractivity contribution is 7.91. The Kier molecular flexibility index (Phi) is 4.66. The first kappa shape index (κ1) is 20.2. The number of hydrogen-bond donors (Lipinski definition) is 1. The SMILES string of the molecule is Cc1cccc(C)c1NC(=O)c1cc(C2CC2)nc2c1c(C)nn2C1CCS(=O)(=O)C1. The second-order valence-corrected chi connectivity index (χ2v) is 11.1. The molecule has 7 nitrogen and oxygen atoms in total. The van der Waals surface area contributed by atoms with Gasteiger partial charge in [-0.05, 0) is 57.2 Å². The Labute approximate surface area is 181 Å². The van der Waals surface area contributed by atoms with Crippen molar-refractivity contribution in [3.63, 3.8) is 0 Å². The molecule has 1 N–H and O–H groups in total. The van der Waals surface area contributed by atoms with E-state index in [9.17, 15) is 13.2 Å². The van der Waals surface area contributed by atoms with E-state index >= 15 is 0 Å². The summed E-state index contributed by atoms with van der Waals surface area (Å²) in [5.74, 6) is 0.406. The molecule has 2 fully saturated rings. The largest absolute Gasteiger partial charge is 0.321 e. The molecule has 8 heteroatoms. The Balaban J connectivity index is 1.63. The molecule has 0 spiro atoms. The lowest BCUT2D eigenvalue weighted by molar-refractivity contribution is 0.102. The third-order valence-electron chi connectivity index (χ3n) is 6.37. The van der Waals surface area contributed by atoms with Gasteiger partial charge in [-0.2, -0.15) is 5.10 Å². The number of hydrogen-bond acceptors (Lipinski definition) is 5. The Morgan fingerprint density at radius 2 is 1.84 bits per heavy atom. The number of sulfone groups is 1. The molecule has 1 unspecified atom stereocenters. The highest BCUT2D eigenvalue weighted by atomic mass is 32.2. The van der Waals surface area contributed by atoms with Crippen molar-refractivity contribution in [3.05, 3.63) is 52.3 Å². The molecule has 1 aliphatic heterocycles. The van der Waals surface area contributed by atoms with Crippen LogP contribution in [0.2, 0.25) is 0 Å². The van der Waals surface area contributed by atoms with Crippen LogP contribution in [-0.2, 0) is 9.84 Å². The number of para-hydroxylation sites is 1. The highest BCUT2D eigenvalue weighted by Gasteiger charge is 2.34. The van der Waals surface area contributed by atoms with Gasteiger partial charge in [-0.25, -0.2) is 18.1 Å². The van der Waals surface area contributed by atoms with Crippen molar-refractivity contribution >= 4 is 32.5 Å². The van der Waals surface area contributed by atoms with E-state index in [-0.39, 0.29) is 23.5 Å². The zero-order valence-corrected chi connectivity index (χ0v) is 18.8. The molecule has 1 atom stereocenters. The van der Waals surface area contributed by atoms with E-state index in [0.29, 0.717) is 34.6 Å². The van der Waals surface area contributed by atoms with Gasteiger partial charge < -0.3 is 5.32 Å². The minimum atomic E-state index is -3.06. The highest BCUT2D eigenvalue weighted by Crippen LogP contribution is 2.41. The monoisotopic (exact) mass is 438 g/mol. The fourth-order valence-corrected chi connectivity index (χ4v) is 6.21. The number of aromatic nitrogens is 3. The molecule has 5 rings (SSSR count). The molecule has 1 saturated carbocycles. The van der Waals surface area contributed by atoms with Crippen molar-refractivity contribution < 1.29 is 13.2 Å². The van der Waals surface area contributed by atoms with Crippen LogP contribution in [0.4, 0.5) is 5.69 Å². The van der Waals surface area contributed by atoms with Crippen molar-refractivity contribution in [3.8, 4) is 0 Å². The zero-order chi connectivity index (χ0) is 21.9.